The number of hydrogen-bond acceptors (Lipinski definition) is 4. The lowest BCUT2D eigenvalue weighted by atomic mass is 10.1. The molecule has 1 aromatic carbocycles. The topological polar surface area (TPSA) is 84.0 Å². The molecule has 0 aliphatic heterocycles. The second kappa shape index (κ2) is 4.73. The molecular formula is C13H12N3O2S-. The SMILES string of the molecule is NCCc1ccc2c(c1)c1cccnc1n2S(=O)[O-]. The largest absolute Gasteiger partial charge is 0.755 e. The van der Waals surface area contributed by atoms with Crippen LogP contribution in [0.15, 0.2) is 36.5 Å². The summed E-state index contributed by atoms with van der Waals surface area (Å²) in [6.45, 7) is 0.565. The fourth-order valence-corrected chi connectivity index (χ4v) is 2.94. The number of nitrogens with zero attached hydrogens (tertiary/aromatic N) is 2. The zero-order chi connectivity index (χ0) is 13.4. The first-order valence-electron chi connectivity index (χ1n) is 5.90. The van der Waals surface area contributed by atoms with Gasteiger partial charge in [0.15, 0.2) is 5.65 Å². The van der Waals surface area contributed by atoms with Gasteiger partial charge in [-0.1, -0.05) is 6.07 Å². The third-order valence-corrected chi connectivity index (χ3v) is 3.80. The summed E-state index contributed by atoms with van der Waals surface area (Å²) in [5.41, 5.74) is 7.74. The van der Waals surface area contributed by atoms with Crippen molar-refractivity contribution in [2.75, 3.05) is 6.54 Å². The van der Waals surface area contributed by atoms with E-state index in [4.69, 9.17) is 5.73 Å². The highest BCUT2D eigenvalue weighted by Gasteiger charge is 2.12. The molecule has 0 fully saturated rings. The standard InChI is InChI=1S/C13H13N3O2S/c14-6-5-9-3-4-12-11(8-9)10-2-1-7-15-13(10)16(12)19(17)18/h1-4,7-8H,5-6,14H2,(H,17,18)/p-1. The Kier molecular flexibility index (Phi) is 3.06. The molecule has 1 unspecified atom stereocenters. The Morgan fingerprint density at radius 3 is 2.89 bits per heavy atom. The van der Waals surface area contributed by atoms with Gasteiger partial charge in [-0.15, -0.1) is 0 Å². The van der Waals surface area contributed by atoms with E-state index < -0.39 is 11.3 Å². The van der Waals surface area contributed by atoms with Crippen molar-refractivity contribution < 1.29 is 8.76 Å². The van der Waals surface area contributed by atoms with E-state index in [1.54, 1.807) is 18.3 Å². The molecule has 0 aliphatic rings. The maximum Gasteiger partial charge on any atom is 0.152 e. The summed E-state index contributed by atoms with van der Waals surface area (Å²) in [7, 11) is 0. The van der Waals surface area contributed by atoms with Crippen LogP contribution in [0.3, 0.4) is 0 Å². The van der Waals surface area contributed by atoms with Crippen LogP contribution in [0.5, 0.6) is 0 Å². The first kappa shape index (κ1) is 12.3. The number of benzene rings is 1. The molecule has 6 heteroatoms. The Morgan fingerprint density at radius 2 is 2.16 bits per heavy atom. The van der Waals surface area contributed by atoms with Crippen LogP contribution in [0.25, 0.3) is 21.9 Å². The van der Waals surface area contributed by atoms with Gasteiger partial charge in [0.2, 0.25) is 0 Å². The molecule has 0 aliphatic carbocycles. The predicted molar refractivity (Wildman–Crippen MR) is 74.3 cm³/mol. The van der Waals surface area contributed by atoms with Gasteiger partial charge in [0.1, 0.15) is 0 Å². The van der Waals surface area contributed by atoms with Crippen LogP contribution in [-0.2, 0) is 17.7 Å². The third kappa shape index (κ3) is 1.94. The highest BCUT2D eigenvalue weighted by atomic mass is 32.2. The Balaban J connectivity index is 2.42. The lowest BCUT2D eigenvalue weighted by Gasteiger charge is -2.08. The predicted octanol–water partition coefficient (Wildman–Crippen LogP) is 1.33. The van der Waals surface area contributed by atoms with E-state index in [1.807, 2.05) is 18.2 Å². The van der Waals surface area contributed by atoms with Gasteiger partial charge in [0, 0.05) is 17.0 Å². The Hall–Kier alpha value is -1.76. The van der Waals surface area contributed by atoms with Crippen LogP contribution in [0.2, 0.25) is 0 Å². The van der Waals surface area contributed by atoms with Gasteiger partial charge in [-0.3, -0.25) is 8.18 Å². The summed E-state index contributed by atoms with van der Waals surface area (Å²) in [6.07, 6.45) is 2.36. The van der Waals surface area contributed by atoms with E-state index in [0.29, 0.717) is 17.7 Å². The second-order valence-electron chi connectivity index (χ2n) is 4.28. The van der Waals surface area contributed by atoms with E-state index in [9.17, 15) is 8.76 Å². The molecule has 19 heavy (non-hydrogen) atoms. The molecule has 5 nitrogen and oxygen atoms in total. The van der Waals surface area contributed by atoms with E-state index in [1.165, 1.54) is 3.97 Å². The molecule has 0 spiro atoms. The van der Waals surface area contributed by atoms with Gasteiger partial charge in [-0.05, 0) is 42.8 Å². The molecule has 0 bridgehead atoms. The molecular weight excluding hydrogens is 262 g/mol. The number of pyridine rings is 1. The highest BCUT2D eigenvalue weighted by molar-refractivity contribution is 7.77. The fourth-order valence-electron chi connectivity index (χ4n) is 2.33. The fraction of sp³-hybridized carbons (Fsp3) is 0.154. The van der Waals surface area contributed by atoms with Crippen molar-refractivity contribution in [2.24, 2.45) is 5.73 Å². The number of aromatic nitrogens is 2. The van der Waals surface area contributed by atoms with Crippen LogP contribution in [0.1, 0.15) is 5.56 Å². The molecule has 98 valence electrons. The molecule has 0 amide bonds. The van der Waals surface area contributed by atoms with Crippen LogP contribution < -0.4 is 5.73 Å². The van der Waals surface area contributed by atoms with Gasteiger partial charge in [-0.25, -0.2) is 4.98 Å². The summed E-state index contributed by atoms with van der Waals surface area (Å²) < 4.78 is 24.0. The third-order valence-electron chi connectivity index (χ3n) is 3.13. The minimum absolute atomic E-state index is 0.454. The van der Waals surface area contributed by atoms with Gasteiger partial charge in [0.25, 0.3) is 0 Å². The highest BCUT2D eigenvalue weighted by Crippen LogP contribution is 2.28. The van der Waals surface area contributed by atoms with Crippen molar-refractivity contribution in [3.05, 3.63) is 42.1 Å². The molecule has 0 radical (unpaired) electrons. The molecule has 0 saturated heterocycles. The van der Waals surface area contributed by atoms with Crippen molar-refractivity contribution in [3.63, 3.8) is 0 Å². The Morgan fingerprint density at radius 1 is 1.32 bits per heavy atom. The average Bonchev–Trinajstić information content (AvgIpc) is 2.73. The zero-order valence-electron chi connectivity index (χ0n) is 10.1. The van der Waals surface area contributed by atoms with Crippen molar-refractivity contribution in [1.82, 2.24) is 8.96 Å². The summed E-state index contributed by atoms with van der Waals surface area (Å²) >= 11 is -2.38. The van der Waals surface area contributed by atoms with Gasteiger partial charge < -0.3 is 10.3 Å². The molecule has 2 N–H and O–H groups in total. The molecule has 2 aromatic heterocycles. The minimum Gasteiger partial charge on any atom is -0.755 e. The van der Waals surface area contributed by atoms with Crippen LogP contribution in [0, 0.1) is 0 Å². The Bertz CT molecular complexity index is 782. The number of fused-ring (bicyclic) bond motifs is 3. The van der Waals surface area contributed by atoms with E-state index >= 15 is 0 Å². The maximum absolute atomic E-state index is 11.4. The van der Waals surface area contributed by atoms with Crippen molar-refractivity contribution in [2.45, 2.75) is 6.42 Å². The van der Waals surface area contributed by atoms with E-state index in [0.717, 1.165) is 22.8 Å². The quantitative estimate of drug-likeness (QED) is 0.730. The summed E-state index contributed by atoms with van der Waals surface area (Å²) in [5, 5.41) is 1.72. The zero-order valence-corrected chi connectivity index (χ0v) is 10.9. The minimum atomic E-state index is -2.38. The average molecular weight is 274 g/mol. The number of nitrogens with two attached hydrogens (primary N) is 1. The monoisotopic (exact) mass is 274 g/mol. The van der Waals surface area contributed by atoms with E-state index in [2.05, 4.69) is 4.98 Å². The van der Waals surface area contributed by atoms with Gasteiger partial charge in [-0.2, -0.15) is 0 Å². The van der Waals surface area contributed by atoms with Crippen LogP contribution in [-0.4, -0.2) is 24.3 Å². The first-order chi connectivity index (χ1) is 9.22. The normalized spacial score (nSPS) is 13.2. The van der Waals surface area contributed by atoms with Gasteiger partial charge >= 0.3 is 0 Å². The molecule has 0 saturated carbocycles. The summed E-state index contributed by atoms with van der Waals surface area (Å²) in [5.74, 6) is 0. The maximum atomic E-state index is 11.4. The summed E-state index contributed by atoms with van der Waals surface area (Å²) in [6, 6.07) is 9.36. The molecule has 2 heterocycles. The Labute approximate surface area is 112 Å². The lowest BCUT2D eigenvalue weighted by Crippen LogP contribution is -2.04. The molecule has 3 aromatic rings. The lowest BCUT2D eigenvalue weighted by molar-refractivity contribution is 0.531. The second-order valence-corrected chi connectivity index (χ2v) is 5.08. The van der Waals surface area contributed by atoms with Crippen LogP contribution >= 0.6 is 0 Å². The van der Waals surface area contributed by atoms with Crippen molar-refractivity contribution in [3.8, 4) is 0 Å². The van der Waals surface area contributed by atoms with Crippen molar-refractivity contribution in [1.29, 1.82) is 0 Å². The number of rotatable bonds is 3. The van der Waals surface area contributed by atoms with E-state index in [-0.39, 0.29) is 0 Å². The van der Waals surface area contributed by atoms with Crippen molar-refractivity contribution >= 4 is 33.2 Å². The van der Waals surface area contributed by atoms with Crippen LogP contribution in [0.4, 0.5) is 0 Å². The summed E-state index contributed by atoms with van der Waals surface area (Å²) in [4.78, 5) is 4.16. The molecule has 1 atom stereocenters. The smallest absolute Gasteiger partial charge is 0.152 e. The van der Waals surface area contributed by atoms with Gasteiger partial charge in [0.05, 0.1) is 16.8 Å². The first-order valence-corrected chi connectivity index (χ1v) is 6.93. The molecule has 3 rings (SSSR count). The number of hydrogen-bond donors (Lipinski definition) is 1.